The highest BCUT2D eigenvalue weighted by Crippen LogP contribution is 2.21. The molecule has 1 N–H and O–H groups in total. The largest absolute Gasteiger partial charge is 0.338 e. The molecule has 0 atom stereocenters. The van der Waals surface area contributed by atoms with Crippen molar-refractivity contribution >= 4 is 23.4 Å². The second-order valence-electron chi connectivity index (χ2n) is 6.51. The molecular weight excluding hydrogens is 378 g/mol. The van der Waals surface area contributed by atoms with Crippen LogP contribution >= 0.6 is 0 Å². The molecule has 4 rings (SSSR count). The fourth-order valence-electron chi connectivity index (χ4n) is 3.11. The van der Waals surface area contributed by atoms with Gasteiger partial charge in [-0.1, -0.05) is 0 Å². The van der Waals surface area contributed by atoms with Crippen LogP contribution in [0.2, 0.25) is 0 Å². The van der Waals surface area contributed by atoms with E-state index in [4.69, 9.17) is 0 Å². The van der Waals surface area contributed by atoms with E-state index in [1.807, 2.05) is 4.90 Å². The van der Waals surface area contributed by atoms with Crippen LogP contribution in [0.25, 0.3) is 0 Å². The lowest BCUT2D eigenvalue weighted by molar-refractivity contribution is 0.0746. The number of pyridine rings is 1. The molecule has 29 heavy (non-hydrogen) atoms. The lowest BCUT2D eigenvalue weighted by Gasteiger charge is -2.34. The fourth-order valence-corrected chi connectivity index (χ4v) is 3.11. The Balaban J connectivity index is 1.42. The highest BCUT2D eigenvalue weighted by atomic mass is 19.1. The van der Waals surface area contributed by atoms with E-state index < -0.39 is 11.6 Å². The number of hydrogen-bond acceptors (Lipinski definition) is 6. The summed E-state index contributed by atoms with van der Waals surface area (Å²) < 4.78 is 26.9. The van der Waals surface area contributed by atoms with Crippen molar-refractivity contribution in [1.29, 1.82) is 0 Å². The number of nitrogens with zero attached hydrogens (tertiary/aromatic N) is 5. The second-order valence-corrected chi connectivity index (χ2v) is 6.51. The molecule has 0 unspecified atom stereocenters. The molecule has 1 saturated heterocycles. The topological polar surface area (TPSA) is 74.2 Å². The number of benzene rings is 1. The molecule has 9 heteroatoms. The van der Waals surface area contributed by atoms with E-state index in [9.17, 15) is 13.6 Å². The first-order valence-electron chi connectivity index (χ1n) is 9.09. The Bertz CT molecular complexity index is 1010. The summed E-state index contributed by atoms with van der Waals surface area (Å²) in [5.41, 5.74) is 0.523. The minimum Gasteiger partial charge on any atom is -0.338 e. The number of rotatable bonds is 4. The molecule has 0 saturated carbocycles. The van der Waals surface area contributed by atoms with Gasteiger partial charge in [-0.3, -0.25) is 4.79 Å². The Kier molecular flexibility index (Phi) is 5.28. The number of amides is 1. The summed E-state index contributed by atoms with van der Waals surface area (Å²) in [7, 11) is 0. The van der Waals surface area contributed by atoms with Gasteiger partial charge in [-0.15, -0.1) is 0 Å². The maximum atomic E-state index is 13.8. The Morgan fingerprint density at radius 1 is 0.931 bits per heavy atom. The number of anilines is 3. The fraction of sp³-hybridized carbons (Fsp3) is 0.200. The first kappa shape index (κ1) is 18.7. The molecule has 3 aromatic rings. The Morgan fingerprint density at radius 3 is 2.41 bits per heavy atom. The first-order valence-corrected chi connectivity index (χ1v) is 9.09. The third-order valence-corrected chi connectivity index (χ3v) is 4.60. The third kappa shape index (κ3) is 4.29. The molecule has 1 aromatic carbocycles. The summed E-state index contributed by atoms with van der Waals surface area (Å²) in [6, 6.07) is 8.14. The standard InChI is InChI=1S/C20H18F2N6O/c21-15-2-3-17(16(22)13-15)26-18-12-14(4-7-23-18)19(29)27-8-10-28(11-9-27)20-24-5-1-6-25-20/h1-7,12-13H,8-11H2,(H,23,26). The van der Waals surface area contributed by atoms with Crippen molar-refractivity contribution in [2.45, 2.75) is 0 Å². The number of halogens is 2. The lowest BCUT2D eigenvalue weighted by atomic mass is 10.2. The van der Waals surface area contributed by atoms with Gasteiger partial charge in [-0.2, -0.15) is 0 Å². The molecule has 1 amide bonds. The molecule has 0 aliphatic carbocycles. The molecular formula is C20H18F2N6O. The van der Waals surface area contributed by atoms with E-state index in [0.717, 1.165) is 12.1 Å². The highest BCUT2D eigenvalue weighted by Gasteiger charge is 2.23. The third-order valence-electron chi connectivity index (χ3n) is 4.60. The van der Waals surface area contributed by atoms with Crippen LogP contribution in [0.15, 0.2) is 55.0 Å². The SMILES string of the molecule is O=C(c1ccnc(Nc2ccc(F)cc2F)c1)N1CCN(c2ncccn2)CC1. The van der Waals surface area contributed by atoms with Crippen molar-refractivity contribution in [3.63, 3.8) is 0 Å². The molecule has 2 aromatic heterocycles. The summed E-state index contributed by atoms with van der Waals surface area (Å²) in [6.45, 7) is 2.34. The molecule has 1 aliphatic rings. The van der Waals surface area contributed by atoms with E-state index in [1.54, 1.807) is 35.5 Å². The van der Waals surface area contributed by atoms with Gasteiger partial charge < -0.3 is 15.1 Å². The van der Waals surface area contributed by atoms with Gasteiger partial charge in [0.15, 0.2) is 0 Å². The van der Waals surface area contributed by atoms with E-state index in [1.165, 1.54) is 12.3 Å². The summed E-state index contributed by atoms with van der Waals surface area (Å²) in [5, 5.41) is 2.78. The average Bonchev–Trinajstić information content (AvgIpc) is 2.76. The Morgan fingerprint density at radius 2 is 1.69 bits per heavy atom. The van der Waals surface area contributed by atoms with Crippen LogP contribution in [0, 0.1) is 11.6 Å². The quantitative estimate of drug-likeness (QED) is 0.731. The molecule has 1 aliphatic heterocycles. The van der Waals surface area contributed by atoms with Crippen LogP contribution < -0.4 is 10.2 Å². The van der Waals surface area contributed by atoms with Crippen molar-refractivity contribution in [3.8, 4) is 0 Å². The minimum atomic E-state index is -0.734. The molecule has 148 valence electrons. The van der Waals surface area contributed by atoms with Crippen LogP contribution in [0.1, 0.15) is 10.4 Å². The van der Waals surface area contributed by atoms with Gasteiger partial charge in [0, 0.05) is 56.4 Å². The number of aromatic nitrogens is 3. The zero-order chi connectivity index (χ0) is 20.2. The molecule has 0 spiro atoms. The molecule has 7 nitrogen and oxygen atoms in total. The Labute approximate surface area is 166 Å². The maximum Gasteiger partial charge on any atom is 0.254 e. The monoisotopic (exact) mass is 396 g/mol. The molecule has 3 heterocycles. The summed E-state index contributed by atoms with van der Waals surface area (Å²) >= 11 is 0. The number of carbonyl (C=O) groups excluding carboxylic acids is 1. The summed E-state index contributed by atoms with van der Waals surface area (Å²) in [5.74, 6) is -0.578. The van der Waals surface area contributed by atoms with Gasteiger partial charge >= 0.3 is 0 Å². The zero-order valence-corrected chi connectivity index (χ0v) is 15.4. The van der Waals surface area contributed by atoms with E-state index in [2.05, 4.69) is 20.3 Å². The van der Waals surface area contributed by atoms with Crippen LogP contribution in [-0.4, -0.2) is 51.9 Å². The van der Waals surface area contributed by atoms with Gasteiger partial charge in [0.25, 0.3) is 5.91 Å². The number of nitrogens with one attached hydrogen (secondary N) is 1. The van der Waals surface area contributed by atoms with Gasteiger partial charge in [0.1, 0.15) is 17.5 Å². The van der Waals surface area contributed by atoms with Crippen molar-refractivity contribution in [2.24, 2.45) is 0 Å². The van der Waals surface area contributed by atoms with Crippen LogP contribution in [-0.2, 0) is 0 Å². The smallest absolute Gasteiger partial charge is 0.254 e. The van der Waals surface area contributed by atoms with Gasteiger partial charge in [0.2, 0.25) is 5.95 Å². The molecule has 1 fully saturated rings. The second kappa shape index (κ2) is 8.17. The normalized spacial score (nSPS) is 14.0. The highest BCUT2D eigenvalue weighted by molar-refractivity contribution is 5.95. The minimum absolute atomic E-state index is 0.0833. The van der Waals surface area contributed by atoms with E-state index in [0.29, 0.717) is 43.5 Å². The Hall–Kier alpha value is -3.62. The number of piperazine rings is 1. The predicted octanol–water partition coefficient (Wildman–Crippen LogP) is 2.86. The number of carbonyl (C=O) groups is 1. The van der Waals surface area contributed by atoms with Crippen molar-refractivity contribution in [2.75, 3.05) is 36.4 Å². The van der Waals surface area contributed by atoms with Gasteiger partial charge in [-0.25, -0.2) is 23.7 Å². The maximum absolute atomic E-state index is 13.8. The van der Waals surface area contributed by atoms with Crippen molar-refractivity contribution < 1.29 is 13.6 Å². The van der Waals surface area contributed by atoms with Crippen LogP contribution in [0.3, 0.4) is 0 Å². The number of hydrogen-bond donors (Lipinski definition) is 1. The van der Waals surface area contributed by atoms with Crippen LogP contribution in [0.5, 0.6) is 0 Å². The summed E-state index contributed by atoms with van der Waals surface area (Å²) in [6.07, 6.45) is 4.86. The van der Waals surface area contributed by atoms with Crippen LogP contribution in [0.4, 0.5) is 26.2 Å². The first-order chi connectivity index (χ1) is 14.1. The van der Waals surface area contributed by atoms with Crippen molar-refractivity contribution in [3.05, 3.63) is 72.2 Å². The van der Waals surface area contributed by atoms with Crippen molar-refractivity contribution in [1.82, 2.24) is 19.9 Å². The summed E-state index contributed by atoms with van der Waals surface area (Å²) in [4.78, 5) is 29.2. The zero-order valence-electron chi connectivity index (χ0n) is 15.4. The predicted molar refractivity (Wildman–Crippen MR) is 104 cm³/mol. The average molecular weight is 396 g/mol. The molecule has 0 radical (unpaired) electrons. The molecule has 0 bridgehead atoms. The van der Waals surface area contributed by atoms with E-state index >= 15 is 0 Å². The van der Waals surface area contributed by atoms with Gasteiger partial charge in [0.05, 0.1) is 5.69 Å². The van der Waals surface area contributed by atoms with Gasteiger partial charge in [-0.05, 0) is 30.3 Å². The van der Waals surface area contributed by atoms with E-state index in [-0.39, 0.29) is 11.6 Å². The lowest BCUT2D eigenvalue weighted by Crippen LogP contribution is -2.49.